The molecule has 2 aliphatic rings. The van der Waals surface area contributed by atoms with Gasteiger partial charge >= 0.3 is 5.97 Å². The van der Waals surface area contributed by atoms with E-state index in [0.717, 1.165) is 82.4 Å². The Balaban J connectivity index is 0.00000461. The summed E-state index contributed by atoms with van der Waals surface area (Å²) in [4.78, 5) is 28.5. The number of carboxylic acid groups (broad SMARTS) is 1. The summed E-state index contributed by atoms with van der Waals surface area (Å²) in [6, 6.07) is 19.5. The Morgan fingerprint density at radius 1 is 0.956 bits per heavy atom. The highest BCUT2D eigenvalue weighted by molar-refractivity contribution is 5.91. The first-order valence-electron chi connectivity index (χ1n) is 16.1. The summed E-state index contributed by atoms with van der Waals surface area (Å²) in [5.74, 6) is 6.49. The highest BCUT2D eigenvalue weighted by Gasteiger charge is 2.28. The molecule has 5 rings (SSSR count). The van der Waals surface area contributed by atoms with Gasteiger partial charge in [-0.15, -0.1) is 12.4 Å². The Hall–Kier alpha value is -3.44. The van der Waals surface area contributed by atoms with Crippen molar-refractivity contribution in [1.29, 1.82) is 0 Å². The average molecular weight is 634 g/mol. The molecular formula is C37H45ClFN3O3. The molecule has 6 nitrogen and oxygen atoms in total. The third-order valence-corrected chi connectivity index (χ3v) is 9.32. The standard InChI is InChI=1S/C37H44FN3O3.ClH/c1-27(41-23-18-31(19-24-41)37(44)39-26-29-7-4-9-32(38)25-29)33-10-6-11-34-30(8-5-12-35(33)34)15-14-28-16-21-40(22-17-28)20-3-2-13-36(42)43;/h4-12,25,27-28,31H,2-3,13,16-24,26H2,1H3,(H,39,44)(H,42,43);1H. The van der Waals surface area contributed by atoms with Gasteiger partial charge in [0.1, 0.15) is 5.82 Å². The van der Waals surface area contributed by atoms with Gasteiger partial charge in [0, 0.05) is 36.4 Å². The van der Waals surface area contributed by atoms with E-state index in [1.54, 1.807) is 6.07 Å². The molecule has 2 fully saturated rings. The smallest absolute Gasteiger partial charge is 0.303 e. The molecule has 2 aliphatic heterocycles. The molecule has 3 aromatic carbocycles. The van der Waals surface area contributed by atoms with E-state index < -0.39 is 5.97 Å². The van der Waals surface area contributed by atoms with Crippen LogP contribution in [0.3, 0.4) is 0 Å². The van der Waals surface area contributed by atoms with Gasteiger partial charge in [-0.05, 0) is 118 Å². The van der Waals surface area contributed by atoms with Gasteiger partial charge in [0.25, 0.3) is 0 Å². The van der Waals surface area contributed by atoms with Gasteiger partial charge in [-0.1, -0.05) is 54.3 Å². The van der Waals surface area contributed by atoms with E-state index in [0.29, 0.717) is 12.5 Å². The Kier molecular flexibility index (Phi) is 12.8. The first kappa shape index (κ1) is 34.4. The number of amides is 1. The fourth-order valence-electron chi connectivity index (χ4n) is 6.63. The number of fused-ring (bicyclic) bond motifs is 1. The van der Waals surface area contributed by atoms with E-state index in [4.69, 9.17) is 5.11 Å². The van der Waals surface area contributed by atoms with Gasteiger partial charge in [0.15, 0.2) is 0 Å². The van der Waals surface area contributed by atoms with Crippen molar-refractivity contribution >= 4 is 35.1 Å². The van der Waals surface area contributed by atoms with Crippen molar-refractivity contribution in [2.24, 2.45) is 11.8 Å². The van der Waals surface area contributed by atoms with Crippen LogP contribution in [0.2, 0.25) is 0 Å². The molecule has 8 heteroatoms. The van der Waals surface area contributed by atoms with E-state index >= 15 is 0 Å². The molecule has 0 aliphatic carbocycles. The van der Waals surface area contributed by atoms with Crippen LogP contribution in [0.15, 0.2) is 60.7 Å². The van der Waals surface area contributed by atoms with Crippen LogP contribution in [0.4, 0.5) is 4.39 Å². The Morgan fingerprint density at radius 3 is 2.40 bits per heavy atom. The number of likely N-dealkylation sites (tertiary alicyclic amines) is 2. The molecule has 2 heterocycles. The summed E-state index contributed by atoms with van der Waals surface area (Å²) in [5.41, 5.74) is 3.13. The highest BCUT2D eigenvalue weighted by Crippen LogP contribution is 2.32. The molecule has 0 aromatic heterocycles. The Morgan fingerprint density at radius 2 is 1.67 bits per heavy atom. The van der Waals surface area contributed by atoms with E-state index in [1.807, 2.05) is 6.07 Å². The molecule has 3 aromatic rings. The second kappa shape index (κ2) is 16.7. The van der Waals surface area contributed by atoms with Crippen molar-refractivity contribution in [1.82, 2.24) is 15.1 Å². The number of rotatable bonds is 10. The van der Waals surface area contributed by atoms with E-state index in [9.17, 15) is 14.0 Å². The zero-order valence-electron chi connectivity index (χ0n) is 26.1. The molecule has 2 N–H and O–H groups in total. The van der Waals surface area contributed by atoms with E-state index in [-0.39, 0.29) is 42.5 Å². The van der Waals surface area contributed by atoms with E-state index in [1.165, 1.54) is 28.5 Å². The average Bonchev–Trinajstić information content (AvgIpc) is 3.04. The second-order valence-corrected chi connectivity index (χ2v) is 12.3. The number of nitrogens with zero attached hydrogens (tertiary/aromatic N) is 2. The van der Waals surface area contributed by atoms with Crippen molar-refractivity contribution in [2.75, 3.05) is 32.7 Å². The van der Waals surface area contributed by atoms with Crippen LogP contribution in [0.25, 0.3) is 10.8 Å². The number of hydrogen-bond acceptors (Lipinski definition) is 4. The van der Waals surface area contributed by atoms with Crippen molar-refractivity contribution in [3.63, 3.8) is 0 Å². The summed E-state index contributed by atoms with van der Waals surface area (Å²) in [7, 11) is 0. The molecule has 240 valence electrons. The molecule has 1 atom stereocenters. The summed E-state index contributed by atoms with van der Waals surface area (Å²) in [5, 5.41) is 14.2. The van der Waals surface area contributed by atoms with Crippen molar-refractivity contribution in [2.45, 2.75) is 64.5 Å². The number of carbonyl (C=O) groups is 2. The van der Waals surface area contributed by atoms with Crippen LogP contribution in [-0.2, 0) is 16.1 Å². The number of carboxylic acids is 1. The molecule has 0 bridgehead atoms. The third kappa shape index (κ3) is 9.53. The first-order chi connectivity index (χ1) is 21.4. The number of hydrogen-bond donors (Lipinski definition) is 2. The monoisotopic (exact) mass is 633 g/mol. The third-order valence-electron chi connectivity index (χ3n) is 9.32. The maximum atomic E-state index is 13.5. The van der Waals surface area contributed by atoms with Gasteiger partial charge in [-0.25, -0.2) is 4.39 Å². The maximum Gasteiger partial charge on any atom is 0.303 e. The normalized spacial score (nSPS) is 17.2. The van der Waals surface area contributed by atoms with Gasteiger partial charge in [0.2, 0.25) is 5.91 Å². The van der Waals surface area contributed by atoms with Crippen molar-refractivity contribution in [3.8, 4) is 11.8 Å². The largest absolute Gasteiger partial charge is 0.481 e. The minimum Gasteiger partial charge on any atom is -0.481 e. The van der Waals surface area contributed by atoms with Crippen LogP contribution in [0.1, 0.15) is 74.6 Å². The summed E-state index contributed by atoms with van der Waals surface area (Å²) < 4.78 is 13.5. The van der Waals surface area contributed by atoms with Crippen LogP contribution in [0, 0.1) is 29.5 Å². The maximum absolute atomic E-state index is 13.5. The lowest BCUT2D eigenvalue weighted by atomic mass is 9.91. The lowest BCUT2D eigenvalue weighted by Gasteiger charge is -2.36. The molecule has 2 saturated heterocycles. The number of benzene rings is 3. The van der Waals surface area contributed by atoms with Crippen LogP contribution < -0.4 is 5.32 Å². The number of carbonyl (C=O) groups excluding carboxylic acids is 1. The highest BCUT2D eigenvalue weighted by atomic mass is 35.5. The second-order valence-electron chi connectivity index (χ2n) is 12.3. The minimum absolute atomic E-state index is 0. The summed E-state index contributed by atoms with van der Waals surface area (Å²) in [6.45, 7) is 7.33. The Labute approximate surface area is 272 Å². The lowest BCUT2D eigenvalue weighted by molar-refractivity contribution is -0.137. The molecule has 0 spiro atoms. The lowest BCUT2D eigenvalue weighted by Crippen LogP contribution is -2.41. The van der Waals surface area contributed by atoms with Gasteiger partial charge in [0.05, 0.1) is 0 Å². The van der Waals surface area contributed by atoms with E-state index in [2.05, 4.69) is 70.3 Å². The predicted octanol–water partition coefficient (Wildman–Crippen LogP) is 6.81. The quantitative estimate of drug-likeness (QED) is 0.190. The summed E-state index contributed by atoms with van der Waals surface area (Å²) >= 11 is 0. The number of halogens is 2. The zero-order chi connectivity index (χ0) is 30.9. The topological polar surface area (TPSA) is 72.9 Å². The van der Waals surface area contributed by atoms with Crippen molar-refractivity contribution in [3.05, 3.63) is 83.2 Å². The van der Waals surface area contributed by atoms with Gasteiger partial charge < -0.3 is 15.3 Å². The van der Waals surface area contributed by atoms with Crippen LogP contribution in [0.5, 0.6) is 0 Å². The fraction of sp³-hybridized carbons (Fsp3) is 0.459. The number of unbranched alkanes of at least 4 members (excludes halogenated alkanes) is 1. The molecule has 0 saturated carbocycles. The SMILES string of the molecule is CC(c1cccc2c(C#CC3CCN(CCCCC(=O)O)CC3)cccc12)N1CCC(C(=O)NCc2cccc(F)c2)CC1.Cl. The number of piperidine rings is 2. The summed E-state index contributed by atoms with van der Waals surface area (Å²) in [6.07, 6.45) is 5.65. The molecule has 45 heavy (non-hydrogen) atoms. The fourth-order valence-corrected chi connectivity index (χ4v) is 6.63. The minimum atomic E-state index is -0.712. The van der Waals surface area contributed by atoms with Gasteiger partial charge in [-0.3, -0.25) is 14.5 Å². The van der Waals surface area contributed by atoms with Gasteiger partial charge in [-0.2, -0.15) is 0 Å². The predicted molar refractivity (Wildman–Crippen MR) is 180 cm³/mol. The van der Waals surface area contributed by atoms with Crippen LogP contribution in [-0.4, -0.2) is 59.5 Å². The van der Waals surface area contributed by atoms with Crippen molar-refractivity contribution < 1.29 is 19.1 Å². The number of aliphatic carboxylic acids is 1. The number of nitrogens with one attached hydrogen (secondary N) is 1. The molecular weight excluding hydrogens is 589 g/mol. The zero-order valence-corrected chi connectivity index (χ0v) is 27.0. The molecule has 0 radical (unpaired) electrons. The molecule has 1 amide bonds. The van der Waals surface area contributed by atoms with Crippen LogP contribution >= 0.6 is 12.4 Å². The first-order valence-corrected chi connectivity index (χ1v) is 16.1. The Bertz CT molecular complexity index is 1500. The molecule has 1 unspecified atom stereocenters.